The van der Waals surface area contributed by atoms with Gasteiger partial charge in [-0.25, -0.2) is 0 Å². The van der Waals surface area contributed by atoms with E-state index in [4.69, 9.17) is 0 Å². The van der Waals surface area contributed by atoms with Crippen molar-refractivity contribution in [2.45, 2.75) is 38.8 Å². The molecule has 0 radical (unpaired) electrons. The van der Waals surface area contributed by atoms with Gasteiger partial charge in [-0.1, -0.05) is 18.2 Å². The van der Waals surface area contributed by atoms with E-state index >= 15 is 0 Å². The van der Waals surface area contributed by atoms with Crippen molar-refractivity contribution in [1.29, 1.82) is 0 Å². The van der Waals surface area contributed by atoms with Crippen LogP contribution in [0.4, 0.5) is 5.69 Å². The third-order valence-electron chi connectivity index (χ3n) is 3.28. The fourth-order valence-corrected chi connectivity index (χ4v) is 4.18. The van der Waals surface area contributed by atoms with E-state index in [-0.39, 0.29) is 6.04 Å². The zero-order valence-electron chi connectivity index (χ0n) is 12.5. The summed E-state index contributed by atoms with van der Waals surface area (Å²) in [6.07, 6.45) is 0.762. The first-order chi connectivity index (χ1) is 9.24. The first-order valence-electron chi connectivity index (χ1n) is 6.82. The number of benzene rings is 1. The molecule has 5 nitrogen and oxygen atoms in total. The highest BCUT2D eigenvalue weighted by atomic mass is 32.2. The van der Waals surface area contributed by atoms with Crippen LogP contribution in [0.1, 0.15) is 38.8 Å². The number of anilines is 1. The second-order valence-electron chi connectivity index (χ2n) is 6.12. The molecule has 0 fully saturated rings. The predicted octanol–water partition coefficient (Wildman–Crippen LogP) is 1.79. The van der Waals surface area contributed by atoms with E-state index in [9.17, 15) is 8.42 Å². The summed E-state index contributed by atoms with van der Waals surface area (Å²) < 4.78 is 29.3. The van der Waals surface area contributed by atoms with Crippen LogP contribution in [0.15, 0.2) is 24.3 Å². The molecule has 1 atom stereocenters. The molecule has 0 spiro atoms. The van der Waals surface area contributed by atoms with Crippen LogP contribution in [0, 0.1) is 0 Å². The number of fused-ring (bicyclic) bond motifs is 1. The second-order valence-corrected chi connectivity index (χ2v) is 7.71. The van der Waals surface area contributed by atoms with Crippen LogP contribution in [-0.4, -0.2) is 27.5 Å². The van der Waals surface area contributed by atoms with Crippen LogP contribution in [0.2, 0.25) is 0 Å². The Morgan fingerprint density at radius 1 is 1.25 bits per heavy atom. The van der Waals surface area contributed by atoms with Crippen molar-refractivity contribution in [2.75, 3.05) is 17.9 Å². The van der Waals surface area contributed by atoms with Crippen LogP contribution in [0.3, 0.4) is 0 Å². The second kappa shape index (κ2) is 5.35. The molecule has 2 rings (SSSR count). The topological polar surface area (TPSA) is 61.4 Å². The summed E-state index contributed by atoms with van der Waals surface area (Å²) in [6, 6.07) is 7.86. The molecule has 0 bridgehead atoms. The molecule has 112 valence electrons. The quantitative estimate of drug-likeness (QED) is 0.894. The molecule has 1 aromatic rings. The molecule has 1 aromatic carbocycles. The maximum Gasteiger partial charge on any atom is 0.302 e. The van der Waals surface area contributed by atoms with Crippen LogP contribution in [0.5, 0.6) is 0 Å². The van der Waals surface area contributed by atoms with Crippen molar-refractivity contribution < 1.29 is 8.42 Å². The maximum atomic E-state index is 12.6. The van der Waals surface area contributed by atoms with E-state index < -0.39 is 15.7 Å². The molecule has 1 aliphatic heterocycles. The monoisotopic (exact) mass is 297 g/mol. The van der Waals surface area contributed by atoms with Crippen LogP contribution in [-0.2, 0) is 10.2 Å². The highest BCUT2D eigenvalue weighted by Crippen LogP contribution is 2.34. The Labute approximate surface area is 121 Å². The Morgan fingerprint density at radius 2 is 1.90 bits per heavy atom. The molecular weight excluding hydrogens is 274 g/mol. The summed E-state index contributed by atoms with van der Waals surface area (Å²) in [7, 11) is -1.63. The Morgan fingerprint density at radius 3 is 2.50 bits per heavy atom. The van der Waals surface area contributed by atoms with Gasteiger partial charge in [0.15, 0.2) is 0 Å². The number of hydrogen-bond donors (Lipinski definition) is 2. The summed E-state index contributed by atoms with van der Waals surface area (Å²) in [4.78, 5) is 0. The van der Waals surface area contributed by atoms with Gasteiger partial charge in [-0.15, -0.1) is 0 Å². The van der Waals surface area contributed by atoms with Gasteiger partial charge in [0.2, 0.25) is 0 Å². The minimum Gasteiger partial charge on any atom is -0.313 e. The average molecular weight is 297 g/mol. The van der Waals surface area contributed by atoms with E-state index in [1.807, 2.05) is 52.1 Å². The molecule has 1 unspecified atom stereocenters. The lowest BCUT2D eigenvalue weighted by Crippen LogP contribution is -2.51. The summed E-state index contributed by atoms with van der Waals surface area (Å²) in [5.41, 5.74) is 1.29. The zero-order valence-corrected chi connectivity index (χ0v) is 13.3. The van der Waals surface area contributed by atoms with E-state index in [1.54, 1.807) is 0 Å². The minimum absolute atomic E-state index is 0.201. The lowest BCUT2D eigenvalue weighted by Gasteiger charge is -2.36. The van der Waals surface area contributed by atoms with Gasteiger partial charge in [0.25, 0.3) is 0 Å². The fourth-order valence-electron chi connectivity index (χ4n) is 2.52. The van der Waals surface area contributed by atoms with Gasteiger partial charge in [-0.2, -0.15) is 13.1 Å². The van der Waals surface area contributed by atoms with E-state index in [2.05, 4.69) is 10.0 Å². The molecule has 0 saturated carbocycles. The molecule has 1 aliphatic rings. The van der Waals surface area contributed by atoms with Crippen molar-refractivity contribution in [3.05, 3.63) is 29.8 Å². The van der Waals surface area contributed by atoms with Crippen LogP contribution in [0.25, 0.3) is 0 Å². The van der Waals surface area contributed by atoms with Gasteiger partial charge in [0, 0.05) is 18.1 Å². The van der Waals surface area contributed by atoms with Crippen molar-refractivity contribution >= 4 is 15.9 Å². The van der Waals surface area contributed by atoms with Gasteiger partial charge < -0.3 is 5.32 Å². The standard InChI is InChI=1S/C14H23N3O2S/c1-14(2,3)16-20(18,19)17-10-9-12(15-4)11-7-5-6-8-13(11)17/h5-8,12,15-16H,9-10H2,1-4H3. The molecule has 6 heteroatoms. The largest absolute Gasteiger partial charge is 0.313 e. The van der Waals surface area contributed by atoms with E-state index in [0.717, 1.165) is 17.7 Å². The van der Waals surface area contributed by atoms with Gasteiger partial charge >= 0.3 is 10.2 Å². The molecule has 0 aromatic heterocycles. The van der Waals surface area contributed by atoms with Crippen molar-refractivity contribution in [3.63, 3.8) is 0 Å². The normalized spacial score (nSPS) is 19.8. The third kappa shape index (κ3) is 3.13. The maximum absolute atomic E-state index is 12.6. The summed E-state index contributed by atoms with van der Waals surface area (Å²) in [5.74, 6) is 0. The Hall–Kier alpha value is -1.11. The molecule has 20 heavy (non-hydrogen) atoms. The van der Waals surface area contributed by atoms with Gasteiger partial charge in [0.1, 0.15) is 0 Å². The Bertz CT molecular complexity index is 578. The first kappa shape index (κ1) is 15.3. The lowest BCUT2D eigenvalue weighted by molar-refractivity contribution is 0.481. The highest BCUT2D eigenvalue weighted by Gasteiger charge is 2.33. The highest BCUT2D eigenvalue weighted by molar-refractivity contribution is 7.90. The molecule has 0 amide bonds. The molecule has 2 N–H and O–H groups in total. The lowest BCUT2D eigenvalue weighted by atomic mass is 9.98. The number of nitrogens with zero attached hydrogens (tertiary/aromatic N) is 1. The SMILES string of the molecule is CNC1CCN(S(=O)(=O)NC(C)(C)C)c2ccccc21. The number of nitrogens with one attached hydrogen (secondary N) is 2. The predicted molar refractivity (Wildman–Crippen MR) is 82.0 cm³/mol. The molecular formula is C14H23N3O2S. The number of hydrogen-bond acceptors (Lipinski definition) is 3. The summed E-state index contributed by atoms with van der Waals surface area (Å²) >= 11 is 0. The van der Waals surface area contributed by atoms with E-state index in [1.165, 1.54) is 4.31 Å². The number of rotatable bonds is 3. The molecule has 0 aliphatic carbocycles. The summed E-state index contributed by atoms with van der Waals surface area (Å²) in [6.45, 7) is 6.01. The average Bonchev–Trinajstić information content (AvgIpc) is 2.34. The van der Waals surface area contributed by atoms with Gasteiger partial charge in [-0.3, -0.25) is 4.31 Å². The van der Waals surface area contributed by atoms with Crippen LogP contribution < -0.4 is 14.3 Å². The van der Waals surface area contributed by atoms with Crippen molar-refractivity contribution in [1.82, 2.24) is 10.0 Å². The minimum atomic E-state index is -3.53. The Kier molecular flexibility index (Phi) is 4.09. The zero-order chi connectivity index (χ0) is 15.0. The van der Waals surface area contributed by atoms with E-state index in [0.29, 0.717) is 6.54 Å². The fraction of sp³-hybridized carbons (Fsp3) is 0.571. The summed E-state index contributed by atoms with van der Waals surface area (Å²) in [5, 5.41) is 3.24. The molecule has 1 heterocycles. The number of para-hydroxylation sites is 1. The van der Waals surface area contributed by atoms with Gasteiger partial charge in [0.05, 0.1) is 5.69 Å². The molecule has 0 saturated heterocycles. The first-order valence-corrected chi connectivity index (χ1v) is 8.26. The Balaban J connectivity index is 2.40. The van der Waals surface area contributed by atoms with Crippen LogP contribution >= 0.6 is 0 Å². The van der Waals surface area contributed by atoms with Crippen molar-refractivity contribution in [3.8, 4) is 0 Å². The third-order valence-corrected chi connectivity index (χ3v) is 5.11. The smallest absolute Gasteiger partial charge is 0.302 e. The van der Waals surface area contributed by atoms with Gasteiger partial charge in [-0.05, 0) is 45.9 Å². The van der Waals surface area contributed by atoms with Crippen molar-refractivity contribution in [2.24, 2.45) is 0 Å².